The molecule has 0 unspecified atom stereocenters. The molecule has 0 radical (unpaired) electrons. The fourth-order valence-electron chi connectivity index (χ4n) is 2.27. The molecule has 0 saturated carbocycles. The first-order valence-corrected chi connectivity index (χ1v) is 6.56. The van der Waals surface area contributed by atoms with E-state index >= 15 is 0 Å². The molecule has 2 nitrogen and oxygen atoms in total. The fraction of sp³-hybridized carbons (Fsp3) is 0.312. The first kappa shape index (κ1) is 15.5. The predicted molar refractivity (Wildman–Crippen MR) is 84.1 cm³/mol. The van der Waals surface area contributed by atoms with Crippen LogP contribution in [0.5, 0.6) is 0 Å². The smallest absolute Gasteiger partial charge is 0.226 e. The minimum atomic E-state index is 0. The largest absolute Gasteiger partial charge is 0.312 e. The fourth-order valence-corrected chi connectivity index (χ4v) is 2.27. The van der Waals surface area contributed by atoms with Gasteiger partial charge in [0, 0.05) is 18.4 Å². The molecule has 2 aromatic rings. The van der Waals surface area contributed by atoms with Crippen LogP contribution >= 0.6 is 12.4 Å². The van der Waals surface area contributed by atoms with Gasteiger partial charge in [0.2, 0.25) is 5.91 Å². The van der Waals surface area contributed by atoms with Gasteiger partial charge in [0.25, 0.3) is 0 Å². The van der Waals surface area contributed by atoms with Gasteiger partial charge in [0.05, 0.1) is 5.69 Å². The predicted octanol–water partition coefficient (Wildman–Crippen LogP) is 4.41. The lowest BCUT2D eigenvalue weighted by Gasteiger charge is -2.22. The summed E-state index contributed by atoms with van der Waals surface area (Å²) in [4.78, 5) is 14.0. The van der Waals surface area contributed by atoms with Gasteiger partial charge in [-0.3, -0.25) is 4.79 Å². The van der Waals surface area contributed by atoms with Crippen molar-refractivity contribution in [1.82, 2.24) is 0 Å². The van der Waals surface area contributed by atoms with E-state index in [0.717, 1.165) is 17.5 Å². The minimum absolute atomic E-state index is 0. The highest BCUT2D eigenvalue weighted by Crippen LogP contribution is 2.27. The Morgan fingerprint density at radius 3 is 2.42 bits per heavy atom. The first-order valence-electron chi connectivity index (χ1n) is 6.56. The number of anilines is 1. The zero-order valence-corrected chi connectivity index (χ0v) is 12.2. The van der Waals surface area contributed by atoms with E-state index in [4.69, 9.17) is 0 Å². The number of benzene rings is 2. The molecule has 0 fully saturated rings. The number of fused-ring (bicyclic) bond motifs is 1. The number of nitrogens with zero attached hydrogens (tertiary/aromatic N) is 1. The van der Waals surface area contributed by atoms with Crippen molar-refractivity contribution in [3.05, 3.63) is 42.5 Å². The molecule has 0 atom stereocenters. The average molecular weight is 278 g/mol. The molecule has 1 amide bonds. The molecular formula is C16H20ClNO. The number of hydrogen-bond donors (Lipinski definition) is 0. The zero-order chi connectivity index (χ0) is 13.0. The van der Waals surface area contributed by atoms with Crippen molar-refractivity contribution in [3.63, 3.8) is 0 Å². The van der Waals surface area contributed by atoms with E-state index in [0.29, 0.717) is 13.0 Å². The number of halogens is 1. The molecule has 2 aromatic carbocycles. The SMILES string of the molecule is CCCC(=O)N(CC)c1cccc2ccccc12.Cl. The second-order valence-electron chi connectivity index (χ2n) is 4.39. The van der Waals surface area contributed by atoms with Crippen LogP contribution in [-0.4, -0.2) is 12.5 Å². The Bertz CT molecular complexity index is 548. The summed E-state index contributed by atoms with van der Waals surface area (Å²) in [6, 6.07) is 14.3. The molecule has 0 aliphatic heterocycles. The lowest BCUT2D eigenvalue weighted by Crippen LogP contribution is -2.30. The van der Waals surface area contributed by atoms with Gasteiger partial charge < -0.3 is 4.90 Å². The topological polar surface area (TPSA) is 20.3 Å². The molecule has 0 saturated heterocycles. The van der Waals surface area contributed by atoms with Gasteiger partial charge in [-0.2, -0.15) is 0 Å². The summed E-state index contributed by atoms with van der Waals surface area (Å²) in [6.45, 7) is 4.77. The van der Waals surface area contributed by atoms with E-state index in [1.54, 1.807) is 0 Å². The number of hydrogen-bond acceptors (Lipinski definition) is 1. The van der Waals surface area contributed by atoms with E-state index < -0.39 is 0 Å². The summed E-state index contributed by atoms with van der Waals surface area (Å²) in [5.41, 5.74) is 1.02. The molecule has 2 rings (SSSR count). The standard InChI is InChI=1S/C16H19NO.ClH/c1-3-8-16(18)17(4-2)15-12-7-10-13-9-5-6-11-14(13)15;/h5-7,9-12H,3-4,8H2,1-2H3;1H. The van der Waals surface area contributed by atoms with Crippen molar-refractivity contribution in [2.45, 2.75) is 26.7 Å². The van der Waals surface area contributed by atoms with Gasteiger partial charge in [-0.15, -0.1) is 12.4 Å². The van der Waals surface area contributed by atoms with E-state index in [1.165, 1.54) is 5.39 Å². The van der Waals surface area contributed by atoms with Gasteiger partial charge in [-0.25, -0.2) is 0 Å². The molecule has 0 spiro atoms. The quantitative estimate of drug-likeness (QED) is 0.810. The maximum absolute atomic E-state index is 12.1. The molecule has 3 heteroatoms. The molecular weight excluding hydrogens is 258 g/mol. The van der Waals surface area contributed by atoms with Crippen molar-refractivity contribution in [2.24, 2.45) is 0 Å². The van der Waals surface area contributed by atoms with E-state index in [1.807, 2.05) is 43.0 Å². The summed E-state index contributed by atoms with van der Waals surface area (Å²) < 4.78 is 0. The Hall–Kier alpha value is -1.54. The lowest BCUT2D eigenvalue weighted by atomic mass is 10.1. The Morgan fingerprint density at radius 2 is 1.74 bits per heavy atom. The second-order valence-corrected chi connectivity index (χ2v) is 4.39. The molecule has 0 aromatic heterocycles. The second kappa shape index (κ2) is 7.15. The molecule has 0 aliphatic rings. The van der Waals surface area contributed by atoms with Crippen LogP contribution in [0, 0.1) is 0 Å². The van der Waals surface area contributed by atoms with Gasteiger partial charge in [0.1, 0.15) is 0 Å². The van der Waals surface area contributed by atoms with E-state index in [2.05, 4.69) is 18.2 Å². The van der Waals surface area contributed by atoms with Crippen LogP contribution in [0.3, 0.4) is 0 Å². The number of rotatable bonds is 4. The maximum atomic E-state index is 12.1. The number of amides is 1. The van der Waals surface area contributed by atoms with Crippen LogP contribution in [-0.2, 0) is 4.79 Å². The molecule has 0 N–H and O–H groups in total. The average Bonchev–Trinajstić information content (AvgIpc) is 2.40. The summed E-state index contributed by atoms with van der Waals surface area (Å²) >= 11 is 0. The molecule has 0 bridgehead atoms. The maximum Gasteiger partial charge on any atom is 0.226 e. The summed E-state index contributed by atoms with van der Waals surface area (Å²) in [5, 5.41) is 2.32. The summed E-state index contributed by atoms with van der Waals surface area (Å²) in [7, 11) is 0. The first-order chi connectivity index (χ1) is 8.77. The van der Waals surface area contributed by atoms with Crippen molar-refractivity contribution in [2.75, 3.05) is 11.4 Å². The molecule has 102 valence electrons. The number of carbonyl (C=O) groups is 1. The van der Waals surface area contributed by atoms with Crippen LogP contribution in [0.2, 0.25) is 0 Å². The Morgan fingerprint density at radius 1 is 1.05 bits per heavy atom. The minimum Gasteiger partial charge on any atom is -0.312 e. The molecule has 19 heavy (non-hydrogen) atoms. The van der Waals surface area contributed by atoms with Crippen molar-refractivity contribution in [1.29, 1.82) is 0 Å². The highest BCUT2D eigenvalue weighted by atomic mass is 35.5. The van der Waals surface area contributed by atoms with Gasteiger partial charge in [-0.05, 0) is 24.8 Å². The van der Waals surface area contributed by atoms with Crippen LogP contribution < -0.4 is 4.90 Å². The van der Waals surface area contributed by atoms with Gasteiger partial charge >= 0.3 is 0 Å². The van der Waals surface area contributed by atoms with Crippen LogP contribution in [0.4, 0.5) is 5.69 Å². The lowest BCUT2D eigenvalue weighted by molar-refractivity contribution is -0.118. The monoisotopic (exact) mass is 277 g/mol. The van der Waals surface area contributed by atoms with Crippen molar-refractivity contribution >= 4 is 34.8 Å². The third-order valence-corrected chi connectivity index (χ3v) is 3.14. The Labute approximate surface area is 120 Å². The third-order valence-electron chi connectivity index (χ3n) is 3.14. The Kier molecular flexibility index (Phi) is 5.84. The van der Waals surface area contributed by atoms with Crippen LogP contribution in [0.25, 0.3) is 10.8 Å². The summed E-state index contributed by atoms with van der Waals surface area (Å²) in [6.07, 6.45) is 1.50. The van der Waals surface area contributed by atoms with E-state index in [-0.39, 0.29) is 18.3 Å². The van der Waals surface area contributed by atoms with E-state index in [9.17, 15) is 4.79 Å². The Balaban J connectivity index is 0.00000180. The highest BCUT2D eigenvalue weighted by molar-refractivity contribution is 6.03. The third kappa shape index (κ3) is 3.27. The normalized spacial score (nSPS) is 10.0. The highest BCUT2D eigenvalue weighted by Gasteiger charge is 2.14. The summed E-state index contributed by atoms with van der Waals surface area (Å²) in [5.74, 6) is 0.205. The van der Waals surface area contributed by atoms with Crippen LogP contribution in [0.15, 0.2) is 42.5 Å². The number of carbonyl (C=O) groups excluding carboxylic acids is 1. The van der Waals surface area contributed by atoms with Crippen molar-refractivity contribution < 1.29 is 4.79 Å². The van der Waals surface area contributed by atoms with Crippen molar-refractivity contribution in [3.8, 4) is 0 Å². The van der Waals surface area contributed by atoms with Crippen LogP contribution in [0.1, 0.15) is 26.7 Å². The van der Waals surface area contributed by atoms with Gasteiger partial charge in [0.15, 0.2) is 0 Å². The molecule has 0 heterocycles. The van der Waals surface area contributed by atoms with Gasteiger partial charge in [-0.1, -0.05) is 43.3 Å². The molecule has 0 aliphatic carbocycles. The zero-order valence-electron chi connectivity index (χ0n) is 11.4.